The molecule has 1 N–H and O–H groups in total. The minimum absolute atomic E-state index is 0.0907. The Morgan fingerprint density at radius 2 is 2.20 bits per heavy atom. The van der Waals surface area contributed by atoms with Gasteiger partial charge in [-0.3, -0.25) is 0 Å². The van der Waals surface area contributed by atoms with E-state index in [0.29, 0.717) is 0 Å². The maximum absolute atomic E-state index is 5.91. The summed E-state index contributed by atoms with van der Waals surface area (Å²) >= 11 is 0. The number of morpholine rings is 1. The fourth-order valence-corrected chi connectivity index (χ4v) is 2.38. The van der Waals surface area contributed by atoms with Crippen LogP contribution < -0.4 is 5.32 Å². The topological polar surface area (TPSA) is 21.3 Å². The molecule has 0 aromatic heterocycles. The van der Waals surface area contributed by atoms with Gasteiger partial charge in [0.2, 0.25) is 0 Å². The Labute approximate surface area is 89.9 Å². The summed E-state index contributed by atoms with van der Waals surface area (Å²) in [5.41, 5.74) is 2.63. The minimum atomic E-state index is -0.0907. The van der Waals surface area contributed by atoms with Crippen LogP contribution in [0.2, 0.25) is 0 Å². The predicted molar refractivity (Wildman–Crippen MR) is 60.7 cm³/mol. The third-order valence-electron chi connectivity index (χ3n) is 3.20. The van der Waals surface area contributed by atoms with Gasteiger partial charge >= 0.3 is 0 Å². The molecule has 1 spiro atoms. The van der Waals surface area contributed by atoms with Gasteiger partial charge in [0.25, 0.3) is 0 Å². The highest BCUT2D eigenvalue weighted by Gasteiger charge is 2.33. The summed E-state index contributed by atoms with van der Waals surface area (Å²) in [6.45, 7) is 2.71. The van der Waals surface area contributed by atoms with Crippen LogP contribution in [-0.4, -0.2) is 25.3 Å². The molecule has 2 aliphatic rings. The van der Waals surface area contributed by atoms with Crippen LogP contribution in [0.3, 0.4) is 0 Å². The van der Waals surface area contributed by atoms with Crippen molar-refractivity contribution in [1.82, 2.24) is 5.32 Å². The van der Waals surface area contributed by atoms with Crippen molar-refractivity contribution in [3.05, 3.63) is 41.5 Å². The Kier molecular flexibility index (Phi) is 2.11. The van der Waals surface area contributed by atoms with E-state index in [0.717, 1.165) is 26.1 Å². The number of hydrogen-bond donors (Lipinski definition) is 1. The first-order valence-electron chi connectivity index (χ1n) is 5.50. The lowest BCUT2D eigenvalue weighted by Gasteiger charge is -2.37. The van der Waals surface area contributed by atoms with Gasteiger partial charge in [-0.2, -0.15) is 0 Å². The fourth-order valence-electron chi connectivity index (χ4n) is 2.38. The first kappa shape index (κ1) is 9.13. The highest BCUT2D eigenvalue weighted by Crippen LogP contribution is 2.29. The first-order chi connectivity index (χ1) is 7.38. The normalized spacial score (nSPS) is 29.1. The highest BCUT2D eigenvalue weighted by molar-refractivity contribution is 5.58. The molecule has 1 unspecified atom stereocenters. The van der Waals surface area contributed by atoms with Crippen molar-refractivity contribution < 1.29 is 4.74 Å². The molecule has 1 saturated heterocycles. The van der Waals surface area contributed by atoms with E-state index >= 15 is 0 Å². The standard InChI is InChI=1S/C13H15NO/c1-2-4-12-9-13(6-5-11(12)3-1)10-14-7-8-15-13/h1-6,14H,7-10H2. The van der Waals surface area contributed by atoms with Crippen molar-refractivity contribution in [2.45, 2.75) is 12.0 Å². The van der Waals surface area contributed by atoms with Gasteiger partial charge in [0.15, 0.2) is 0 Å². The Hall–Kier alpha value is -1.12. The summed E-state index contributed by atoms with van der Waals surface area (Å²) in [6.07, 6.45) is 5.39. The van der Waals surface area contributed by atoms with Crippen molar-refractivity contribution >= 4 is 6.08 Å². The zero-order valence-electron chi connectivity index (χ0n) is 8.70. The Morgan fingerprint density at radius 1 is 1.27 bits per heavy atom. The number of rotatable bonds is 0. The lowest BCUT2D eigenvalue weighted by molar-refractivity contribution is -0.0301. The van der Waals surface area contributed by atoms with E-state index in [-0.39, 0.29) is 5.60 Å². The molecule has 1 fully saturated rings. The van der Waals surface area contributed by atoms with Crippen molar-refractivity contribution in [2.24, 2.45) is 0 Å². The van der Waals surface area contributed by atoms with E-state index in [2.05, 4.69) is 41.7 Å². The molecule has 1 aliphatic carbocycles. The van der Waals surface area contributed by atoms with Crippen LogP contribution in [0.4, 0.5) is 0 Å². The SMILES string of the molecule is C1=CC2(CNCCO2)Cc2ccccc21. The van der Waals surface area contributed by atoms with Crippen LogP contribution in [0.5, 0.6) is 0 Å². The largest absolute Gasteiger partial charge is 0.368 e. The second-order valence-corrected chi connectivity index (χ2v) is 4.30. The molecule has 3 rings (SSSR count). The molecule has 0 radical (unpaired) electrons. The molecule has 15 heavy (non-hydrogen) atoms. The lowest BCUT2D eigenvalue weighted by atomic mass is 9.85. The second kappa shape index (κ2) is 3.47. The van der Waals surface area contributed by atoms with Gasteiger partial charge in [-0.15, -0.1) is 0 Å². The smallest absolute Gasteiger partial charge is 0.103 e. The third kappa shape index (κ3) is 1.60. The number of hydrogen-bond acceptors (Lipinski definition) is 2. The number of benzene rings is 1. The average molecular weight is 201 g/mol. The summed E-state index contributed by atoms with van der Waals surface area (Å²) in [5, 5.41) is 3.40. The molecule has 0 saturated carbocycles. The highest BCUT2D eigenvalue weighted by atomic mass is 16.5. The molecule has 78 valence electrons. The van der Waals surface area contributed by atoms with Gasteiger partial charge in [0.1, 0.15) is 5.60 Å². The fraction of sp³-hybridized carbons (Fsp3) is 0.385. The molecule has 1 atom stereocenters. The molecular formula is C13H15NO. The summed E-state index contributed by atoms with van der Waals surface area (Å²) in [6, 6.07) is 8.54. The molecule has 1 aromatic rings. The van der Waals surface area contributed by atoms with Gasteiger partial charge < -0.3 is 10.1 Å². The van der Waals surface area contributed by atoms with E-state index in [1.54, 1.807) is 0 Å². The van der Waals surface area contributed by atoms with Gasteiger partial charge in [0, 0.05) is 19.5 Å². The van der Waals surface area contributed by atoms with Crippen LogP contribution in [0.15, 0.2) is 30.3 Å². The molecule has 0 amide bonds. The predicted octanol–water partition coefficient (Wildman–Crippen LogP) is 1.61. The lowest BCUT2D eigenvalue weighted by Crippen LogP contribution is -2.50. The summed E-state index contributed by atoms with van der Waals surface area (Å²) in [7, 11) is 0. The average Bonchev–Trinajstić information content (AvgIpc) is 2.30. The summed E-state index contributed by atoms with van der Waals surface area (Å²) < 4.78 is 5.91. The Balaban J connectivity index is 1.94. The van der Waals surface area contributed by atoms with Crippen LogP contribution in [0.1, 0.15) is 11.1 Å². The zero-order chi connectivity index (χ0) is 10.1. The van der Waals surface area contributed by atoms with Crippen molar-refractivity contribution in [3.8, 4) is 0 Å². The van der Waals surface area contributed by atoms with Crippen LogP contribution in [0.25, 0.3) is 6.08 Å². The molecule has 1 aromatic carbocycles. The summed E-state index contributed by atoms with van der Waals surface area (Å²) in [4.78, 5) is 0. The van der Waals surface area contributed by atoms with E-state index < -0.39 is 0 Å². The quantitative estimate of drug-likeness (QED) is 0.688. The van der Waals surface area contributed by atoms with Crippen molar-refractivity contribution in [1.29, 1.82) is 0 Å². The Bertz CT molecular complexity index is 391. The van der Waals surface area contributed by atoms with E-state index in [1.807, 2.05) is 0 Å². The van der Waals surface area contributed by atoms with Crippen LogP contribution in [-0.2, 0) is 11.2 Å². The molecule has 1 aliphatic heterocycles. The van der Waals surface area contributed by atoms with Crippen molar-refractivity contribution in [2.75, 3.05) is 19.7 Å². The van der Waals surface area contributed by atoms with E-state index in [1.165, 1.54) is 11.1 Å². The van der Waals surface area contributed by atoms with Gasteiger partial charge in [-0.1, -0.05) is 36.4 Å². The second-order valence-electron chi connectivity index (χ2n) is 4.30. The monoisotopic (exact) mass is 201 g/mol. The number of ether oxygens (including phenoxy) is 1. The minimum Gasteiger partial charge on any atom is -0.368 e. The number of fused-ring (bicyclic) bond motifs is 1. The molecule has 1 heterocycles. The van der Waals surface area contributed by atoms with Gasteiger partial charge in [-0.05, 0) is 11.1 Å². The zero-order valence-corrected chi connectivity index (χ0v) is 8.70. The van der Waals surface area contributed by atoms with Crippen LogP contribution >= 0.6 is 0 Å². The van der Waals surface area contributed by atoms with E-state index in [4.69, 9.17) is 4.74 Å². The summed E-state index contributed by atoms with van der Waals surface area (Å²) in [5.74, 6) is 0. The molecular weight excluding hydrogens is 186 g/mol. The van der Waals surface area contributed by atoms with Gasteiger partial charge in [-0.25, -0.2) is 0 Å². The third-order valence-corrected chi connectivity index (χ3v) is 3.20. The number of nitrogens with one attached hydrogen (secondary N) is 1. The van der Waals surface area contributed by atoms with Gasteiger partial charge in [0.05, 0.1) is 6.61 Å². The molecule has 2 heteroatoms. The molecule has 2 nitrogen and oxygen atoms in total. The van der Waals surface area contributed by atoms with Crippen LogP contribution in [0, 0.1) is 0 Å². The first-order valence-corrected chi connectivity index (χ1v) is 5.50. The molecule has 0 bridgehead atoms. The van der Waals surface area contributed by atoms with Crippen molar-refractivity contribution in [3.63, 3.8) is 0 Å². The maximum atomic E-state index is 5.91. The van der Waals surface area contributed by atoms with E-state index in [9.17, 15) is 0 Å². The maximum Gasteiger partial charge on any atom is 0.103 e. The Morgan fingerprint density at radius 3 is 3.07 bits per heavy atom.